The van der Waals surface area contributed by atoms with Crippen molar-refractivity contribution in [3.63, 3.8) is 0 Å². The fourth-order valence-electron chi connectivity index (χ4n) is 2.76. The Labute approximate surface area is 138 Å². The summed E-state index contributed by atoms with van der Waals surface area (Å²) in [7, 11) is 0. The lowest BCUT2D eigenvalue weighted by Crippen LogP contribution is -1.97. The van der Waals surface area contributed by atoms with E-state index in [1.807, 2.05) is 6.92 Å². The topological polar surface area (TPSA) is 34.1 Å². The van der Waals surface area contributed by atoms with E-state index >= 15 is 0 Å². The van der Waals surface area contributed by atoms with E-state index in [4.69, 9.17) is 0 Å². The zero-order valence-corrected chi connectivity index (χ0v) is 15.1. The Kier molecular flexibility index (Phi) is 16.2. The van der Waals surface area contributed by atoms with Crippen molar-refractivity contribution in [2.24, 2.45) is 0 Å². The van der Waals surface area contributed by atoms with Crippen LogP contribution in [0.15, 0.2) is 0 Å². The second kappa shape index (κ2) is 16.7. The standard InChI is InChI=1S/C20H38O2/c1-3-5-6-13-17-20(22)18-15-12-10-8-7-9-11-14-16-19(21)4-2/h3-18H2,1-2H3. The lowest BCUT2D eigenvalue weighted by molar-refractivity contribution is -0.119. The minimum Gasteiger partial charge on any atom is -0.300 e. The zero-order valence-electron chi connectivity index (χ0n) is 15.1. The summed E-state index contributed by atoms with van der Waals surface area (Å²) in [6, 6.07) is 0. The Morgan fingerprint density at radius 2 is 0.864 bits per heavy atom. The highest BCUT2D eigenvalue weighted by molar-refractivity contribution is 5.78. The summed E-state index contributed by atoms with van der Waals surface area (Å²) >= 11 is 0. The number of unbranched alkanes of at least 4 members (excludes halogenated alkanes) is 10. The molecule has 0 aliphatic carbocycles. The van der Waals surface area contributed by atoms with Gasteiger partial charge in [-0.2, -0.15) is 0 Å². The molecule has 0 radical (unpaired) electrons. The molecular weight excluding hydrogens is 272 g/mol. The van der Waals surface area contributed by atoms with Crippen molar-refractivity contribution in [2.45, 2.75) is 117 Å². The number of hydrogen-bond acceptors (Lipinski definition) is 2. The van der Waals surface area contributed by atoms with Gasteiger partial charge in [-0.15, -0.1) is 0 Å². The molecule has 0 fully saturated rings. The van der Waals surface area contributed by atoms with E-state index in [-0.39, 0.29) is 0 Å². The molecule has 0 unspecified atom stereocenters. The fourth-order valence-corrected chi connectivity index (χ4v) is 2.76. The van der Waals surface area contributed by atoms with E-state index in [2.05, 4.69) is 6.92 Å². The second-order valence-corrected chi connectivity index (χ2v) is 6.57. The minimum absolute atomic E-state index is 0.402. The van der Waals surface area contributed by atoms with Crippen LogP contribution in [0.2, 0.25) is 0 Å². The molecule has 0 heterocycles. The Bertz CT molecular complexity index is 271. The van der Waals surface area contributed by atoms with Gasteiger partial charge in [0.25, 0.3) is 0 Å². The van der Waals surface area contributed by atoms with Crippen LogP contribution in [0.25, 0.3) is 0 Å². The number of hydrogen-bond donors (Lipinski definition) is 0. The summed E-state index contributed by atoms with van der Waals surface area (Å²) in [5.74, 6) is 0.871. The molecule has 0 spiro atoms. The van der Waals surface area contributed by atoms with E-state index in [0.717, 1.165) is 38.5 Å². The molecule has 0 aromatic heterocycles. The maximum Gasteiger partial charge on any atom is 0.132 e. The highest BCUT2D eigenvalue weighted by atomic mass is 16.1. The molecule has 0 aliphatic heterocycles. The van der Waals surface area contributed by atoms with Crippen molar-refractivity contribution in [1.29, 1.82) is 0 Å². The first kappa shape index (κ1) is 21.3. The molecule has 0 N–H and O–H groups in total. The highest BCUT2D eigenvalue weighted by Gasteiger charge is 2.02. The molecule has 130 valence electrons. The Balaban J connectivity index is 3.16. The average Bonchev–Trinajstić information content (AvgIpc) is 2.53. The van der Waals surface area contributed by atoms with Crippen LogP contribution in [0, 0.1) is 0 Å². The maximum absolute atomic E-state index is 11.7. The van der Waals surface area contributed by atoms with Crippen LogP contribution in [-0.2, 0) is 9.59 Å². The number of rotatable bonds is 17. The summed E-state index contributed by atoms with van der Waals surface area (Å²) in [4.78, 5) is 22.8. The number of carbonyl (C=O) groups excluding carboxylic acids is 2. The van der Waals surface area contributed by atoms with Gasteiger partial charge in [-0.05, 0) is 19.3 Å². The van der Waals surface area contributed by atoms with Crippen molar-refractivity contribution in [3.8, 4) is 0 Å². The van der Waals surface area contributed by atoms with E-state index < -0.39 is 0 Å². The lowest BCUT2D eigenvalue weighted by Gasteiger charge is -2.03. The first-order valence-corrected chi connectivity index (χ1v) is 9.74. The number of carbonyl (C=O) groups is 2. The van der Waals surface area contributed by atoms with Crippen molar-refractivity contribution >= 4 is 11.6 Å². The molecule has 0 bridgehead atoms. The Morgan fingerprint density at radius 3 is 1.27 bits per heavy atom. The van der Waals surface area contributed by atoms with E-state index in [9.17, 15) is 9.59 Å². The van der Waals surface area contributed by atoms with Crippen LogP contribution >= 0.6 is 0 Å². The second-order valence-electron chi connectivity index (χ2n) is 6.57. The van der Waals surface area contributed by atoms with E-state index in [0.29, 0.717) is 18.0 Å². The molecule has 0 atom stereocenters. The van der Waals surface area contributed by atoms with Crippen LogP contribution in [0.5, 0.6) is 0 Å². The lowest BCUT2D eigenvalue weighted by atomic mass is 10.0. The third kappa shape index (κ3) is 15.7. The fraction of sp³-hybridized carbons (Fsp3) is 0.900. The van der Waals surface area contributed by atoms with Crippen LogP contribution in [0.3, 0.4) is 0 Å². The van der Waals surface area contributed by atoms with Gasteiger partial charge in [0, 0.05) is 25.7 Å². The van der Waals surface area contributed by atoms with Crippen LogP contribution in [0.4, 0.5) is 0 Å². The van der Waals surface area contributed by atoms with Crippen molar-refractivity contribution < 1.29 is 9.59 Å². The summed E-state index contributed by atoms with van der Waals surface area (Å²) in [6.45, 7) is 4.14. The molecule has 22 heavy (non-hydrogen) atoms. The van der Waals surface area contributed by atoms with Gasteiger partial charge in [-0.1, -0.05) is 71.6 Å². The normalized spacial score (nSPS) is 10.8. The van der Waals surface area contributed by atoms with Gasteiger partial charge < -0.3 is 0 Å². The largest absolute Gasteiger partial charge is 0.300 e. The quantitative estimate of drug-likeness (QED) is 0.291. The summed E-state index contributed by atoms with van der Waals surface area (Å²) in [5, 5.41) is 0. The first-order valence-electron chi connectivity index (χ1n) is 9.74. The maximum atomic E-state index is 11.7. The number of ketones is 2. The summed E-state index contributed by atoms with van der Waals surface area (Å²) in [6.07, 6.45) is 17.5. The van der Waals surface area contributed by atoms with Gasteiger partial charge in [0.1, 0.15) is 11.6 Å². The zero-order chi connectivity index (χ0) is 16.5. The average molecular weight is 311 g/mol. The Hall–Kier alpha value is -0.660. The van der Waals surface area contributed by atoms with Crippen molar-refractivity contribution in [1.82, 2.24) is 0 Å². The molecular formula is C20H38O2. The van der Waals surface area contributed by atoms with Gasteiger partial charge in [0.15, 0.2) is 0 Å². The molecule has 2 heteroatoms. The molecule has 0 saturated carbocycles. The monoisotopic (exact) mass is 310 g/mol. The third-order valence-electron chi connectivity index (χ3n) is 4.36. The predicted octanol–water partition coefficient (Wildman–Crippen LogP) is 6.41. The molecule has 0 aliphatic rings. The van der Waals surface area contributed by atoms with Crippen LogP contribution in [0.1, 0.15) is 117 Å². The highest BCUT2D eigenvalue weighted by Crippen LogP contribution is 2.12. The third-order valence-corrected chi connectivity index (χ3v) is 4.36. The van der Waals surface area contributed by atoms with Crippen molar-refractivity contribution in [3.05, 3.63) is 0 Å². The van der Waals surface area contributed by atoms with Gasteiger partial charge in [-0.3, -0.25) is 9.59 Å². The molecule has 0 amide bonds. The first-order chi connectivity index (χ1) is 10.7. The number of Topliss-reactive ketones (excluding diaryl/α,β-unsaturated/α-hetero) is 2. The van der Waals surface area contributed by atoms with Gasteiger partial charge in [0.05, 0.1) is 0 Å². The summed E-state index contributed by atoms with van der Waals surface area (Å²) < 4.78 is 0. The predicted molar refractivity (Wildman–Crippen MR) is 95.2 cm³/mol. The minimum atomic E-state index is 0.402. The van der Waals surface area contributed by atoms with Gasteiger partial charge in [0.2, 0.25) is 0 Å². The smallest absolute Gasteiger partial charge is 0.132 e. The molecule has 0 rings (SSSR count). The summed E-state index contributed by atoms with van der Waals surface area (Å²) in [5.41, 5.74) is 0. The van der Waals surface area contributed by atoms with Gasteiger partial charge in [-0.25, -0.2) is 0 Å². The van der Waals surface area contributed by atoms with Gasteiger partial charge >= 0.3 is 0 Å². The van der Waals surface area contributed by atoms with E-state index in [1.54, 1.807) is 0 Å². The van der Waals surface area contributed by atoms with E-state index in [1.165, 1.54) is 57.8 Å². The molecule has 2 nitrogen and oxygen atoms in total. The molecule has 0 saturated heterocycles. The van der Waals surface area contributed by atoms with Crippen LogP contribution < -0.4 is 0 Å². The molecule has 0 aromatic carbocycles. The van der Waals surface area contributed by atoms with Crippen LogP contribution in [-0.4, -0.2) is 11.6 Å². The molecule has 0 aromatic rings. The SMILES string of the molecule is CCCCCCC(=O)CCCCCCCCCCC(=O)CC. The Morgan fingerprint density at radius 1 is 0.500 bits per heavy atom. The van der Waals surface area contributed by atoms with Crippen molar-refractivity contribution in [2.75, 3.05) is 0 Å².